The zero-order valence-electron chi connectivity index (χ0n) is 13.4. The highest BCUT2D eigenvalue weighted by Crippen LogP contribution is 2.63. The Labute approximate surface area is 132 Å². The number of aliphatic hydroxyl groups is 3. The van der Waals surface area contributed by atoms with Crippen molar-refractivity contribution in [3.05, 3.63) is 35.6 Å². The van der Waals surface area contributed by atoms with Crippen molar-refractivity contribution in [1.29, 1.82) is 0 Å². The van der Waals surface area contributed by atoms with Crippen molar-refractivity contribution < 1.29 is 15.3 Å². The molecule has 0 aromatic heterocycles. The van der Waals surface area contributed by atoms with Crippen LogP contribution < -0.4 is 0 Å². The standard InChI is InChI=1S/C19H26O3/c1-18-9-7-12-11-5-6-16(20)17(21)14(11)4-3-13(12)15(18)8-10-19(18,2)22/h3-6,11-13,15-16,20-22H,7-10H2,1-2H3/t11-,12-,13-,15+,16?,18+,19+/m1/s1. The fraction of sp³-hybridized carbons (Fsp3) is 0.684. The summed E-state index contributed by atoms with van der Waals surface area (Å²) in [5.74, 6) is 1.80. The van der Waals surface area contributed by atoms with Gasteiger partial charge in [0.15, 0.2) is 0 Å². The van der Waals surface area contributed by atoms with Gasteiger partial charge in [-0.1, -0.05) is 31.2 Å². The molecule has 1 unspecified atom stereocenters. The Hall–Kier alpha value is -1.06. The Morgan fingerprint density at radius 2 is 1.86 bits per heavy atom. The Bertz CT molecular complexity index is 585. The number of fused-ring (bicyclic) bond motifs is 5. The van der Waals surface area contributed by atoms with E-state index in [-0.39, 0.29) is 17.1 Å². The van der Waals surface area contributed by atoms with Crippen LogP contribution in [-0.2, 0) is 0 Å². The van der Waals surface area contributed by atoms with E-state index in [4.69, 9.17) is 0 Å². The molecule has 0 aromatic carbocycles. The molecular weight excluding hydrogens is 276 g/mol. The van der Waals surface area contributed by atoms with E-state index in [0.29, 0.717) is 17.8 Å². The van der Waals surface area contributed by atoms with E-state index in [9.17, 15) is 15.3 Å². The maximum Gasteiger partial charge on any atom is 0.129 e. The summed E-state index contributed by atoms with van der Waals surface area (Å²) < 4.78 is 0. The number of allylic oxidation sites excluding steroid dienone is 4. The summed E-state index contributed by atoms with van der Waals surface area (Å²) in [6.45, 7) is 4.27. The van der Waals surface area contributed by atoms with Crippen molar-refractivity contribution in [2.24, 2.45) is 29.1 Å². The zero-order valence-corrected chi connectivity index (χ0v) is 13.4. The minimum atomic E-state index is -0.853. The molecule has 0 radical (unpaired) electrons. The molecule has 0 heterocycles. The summed E-state index contributed by atoms with van der Waals surface area (Å²) >= 11 is 0. The third-order valence-electron chi connectivity index (χ3n) is 7.34. The number of hydrogen-bond acceptors (Lipinski definition) is 3. The number of aliphatic hydroxyl groups excluding tert-OH is 2. The minimum Gasteiger partial charge on any atom is -0.509 e. The molecule has 2 fully saturated rings. The molecule has 4 aliphatic carbocycles. The van der Waals surface area contributed by atoms with Crippen LogP contribution in [0.5, 0.6) is 0 Å². The second-order valence-corrected chi connectivity index (χ2v) is 8.17. The smallest absolute Gasteiger partial charge is 0.129 e. The largest absolute Gasteiger partial charge is 0.509 e. The van der Waals surface area contributed by atoms with Crippen LogP contribution in [0.2, 0.25) is 0 Å². The van der Waals surface area contributed by atoms with Gasteiger partial charge in [0.25, 0.3) is 0 Å². The van der Waals surface area contributed by atoms with Crippen molar-refractivity contribution in [1.82, 2.24) is 0 Å². The van der Waals surface area contributed by atoms with E-state index in [1.54, 1.807) is 6.08 Å². The van der Waals surface area contributed by atoms with Crippen molar-refractivity contribution in [3.63, 3.8) is 0 Å². The van der Waals surface area contributed by atoms with Crippen molar-refractivity contribution in [2.45, 2.75) is 51.2 Å². The normalized spacial score (nSPS) is 53.2. The molecule has 0 amide bonds. The highest BCUT2D eigenvalue weighted by Gasteiger charge is 2.59. The highest BCUT2D eigenvalue weighted by atomic mass is 16.3. The van der Waals surface area contributed by atoms with E-state index >= 15 is 0 Å². The van der Waals surface area contributed by atoms with Crippen LogP contribution in [0.25, 0.3) is 0 Å². The lowest BCUT2D eigenvalue weighted by Gasteiger charge is -2.53. The molecule has 2 saturated carbocycles. The Balaban J connectivity index is 1.73. The summed E-state index contributed by atoms with van der Waals surface area (Å²) in [5, 5.41) is 30.8. The van der Waals surface area contributed by atoms with Crippen LogP contribution in [0.1, 0.15) is 39.5 Å². The van der Waals surface area contributed by atoms with Crippen LogP contribution in [-0.4, -0.2) is 27.0 Å². The Morgan fingerprint density at radius 1 is 1.09 bits per heavy atom. The first kappa shape index (κ1) is 14.5. The molecular formula is C19H26O3. The second-order valence-electron chi connectivity index (χ2n) is 8.17. The van der Waals surface area contributed by atoms with Gasteiger partial charge >= 0.3 is 0 Å². The summed E-state index contributed by atoms with van der Waals surface area (Å²) in [6, 6.07) is 0. The van der Waals surface area contributed by atoms with Gasteiger partial charge in [0.2, 0.25) is 0 Å². The fourth-order valence-corrected chi connectivity index (χ4v) is 5.71. The minimum absolute atomic E-state index is 0.000333. The molecule has 0 bridgehead atoms. The van der Waals surface area contributed by atoms with Crippen molar-refractivity contribution in [3.8, 4) is 0 Å². The molecule has 7 atom stereocenters. The summed E-state index contributed by atoms with van der Waals surface area (Å²) in [5.41, 5.74) is 0.331. The predicted molar refractivity (Wildman–Crippen MR) is 85.1 cm³/mol. The number of hydrogen-bond donors (Lipinski definition) is 3. The van der Waals surface area contributed by atoms with Crippen molar-refractivity contribution >= 4 is 0 Å². The molecule has 4 rings (SSSR count). The van der Waals surface area contributed by atoms with Gasteiger partial charge in [-0.2, -0.15) is 0 Å². The van der Waals surface area contributed by atoms with E-state index in [1.165, 1.54) is 0 Å². The van der Waals surface area contributed by atoms with Crippen LogP contribution in [0.3, 0.4) is 0 Å². The van der Waals surface area contributed by atoms with E-state index in [1.807, 2.05) is 13.0 Å². The molecule has 22 heavy (non-hydrogen) atoms. The van der Waals surface area contributed by atoms with Gasteiger partial charge in [0, 0.05) is 5.92 Å². The van der Waals surface area contributed by atoms with Crippen LogP contribution in [0.4, 0.5) is 0 Å². The molecule has 4 aliphatic rings. The summed E-state index contributed by atoms with van der Waals surface area (Å²) in [6.07, 6.45) is 11.3. The third kappa shape index (κ3) is 1.70. The second kappa shape index (κ2) is 4.48. The van der Waals surface area contributed by atoms with Gasteiger partial charge in [-0.15, -0.1) is 0 Å². The first-order valence-corrected chi connectivity index (χ1v) is 8.55. The molecule has 3 N–H and O–H groups in total. The Kier molecular flexibility index (Phi) is 2.96. The lowest BCUT2D eigenvalue weighted by Crippen LogP contribution is -2.50. The van der Waals surface area contributed by atoms with Gasteiger partial charge < -0.3 is 15.3 Å². The third-order valence-corrected chi connectivity index (χ3v) is 7.34. The topological polar surface area (TPSA) is 60.7 Å². The van der Waals surface area contributed by atoms with Gasteiger partial charge in [-0.3, -0.25) is 0 Å². The lowest BCUT2D eigenvalue weighted by atomic mass is 9.53. The van der Waals surface area contributed by atoms with Crippen LogP contribution >= 0.6 is 0 Å². The average Bonchev–Trinajstić information content (AvgIpc) is 2.73. The summed E-state index contributed by atoms with van der Waals surface area (Å²) in [4.78, 5) is 0. The summed E-state index contributed by atoms with van der Waals surface area (Å²) in [7, 11) is 0. The first-order valence-electron chi connectivity index (χ1n) is 8.55. The quantitative estimate of drug-likeness (QED) is 0.603. The molecule has 3 nitrogen and oxygen atoms in total. The zero-order chi connectivity index (χ0) is 15.7. The molecule has 0 aromatic rings. The Morgan fingerprint density at radius 3 is 2.64 bits per heavy atom. The highest BCUT2D eigenvalue weighted by molar-refractivity contribution is 5.40. The van der Waals surface area contributed by atoms with Gasteiger partial charge in [-0.25, -0.2) is 0 Å². The average molecular weight is 302 g/mol. The molecule has 0 saturated heterocycles. The van der Waals surface area contributed by atoms with Gasteiger partial charge in [0.1, 0.15) is 11.9 Å². The lowest BCUT2D eigenvalue weighted by molar-refractivity contribution is -0.0924. The van der Waals surface area contributed by atoms with Crippen LogP contribution in [0, 0.1) is 29.1 Å². The number of rotatable bonds is 0. The SMILES string of the molecule is C[C@]1(O)CC[C@H]2[C@@H]3C=CC4=C(O)C(O)C=C[C@@H]4[C@H]3CC[C@@]21C. The molecule has 0 aliphatic heterocycles. The monoisotopic (exact) mass is 302 g/mol. The maximum absolute atomic E-state index is 10.8. The van der Waals surface area contributed by atoms with Crippen molar-refractivity contribution in [2.75, 3.05) is 0 Å². The fourth-order valence-electron chi connectivity index (χ4n) is 5.71. The van der Waals surface area contributed by atoms with Gasteiger partial charge in [0.05, 0.1) is 5.60 Å². The predicted octanol–water partition coefficient (Wildman–Crippen LogP) is 3.11. The maximum atomic E-state index is 10.8. The van der Waals surface area contributed by atoms with E-state index < -0.39 is 11.7 Å². The van der Waals surface area contributed by atoms with E-state index in [2.05, 4.69) is 19.1 Å². The van der Waals surface area contributed by atoms with Gasteiger partial charge in [-0.05, 0) is 61.3 Å². The van der Waals surface area contributed by atoms with E-state index in [0.717, 1.165) is 31.3 Å². The first-order chi connectivity index (χ1) is 10.3. The molecule has 3 heteroatoms. The molecule has 0 spiro atoms. The molecule has 120 valence electrons. The van der Waals surface area contributed by atoms with Crippen LogP contribution in [0.15, 0.2) is 35.6 Å².